The quantitative estimate of drug-likeness (QED) is 0.467. The Morgan fingerprint density at radius 1 is 1.03 bits per heavy atom. The fourth-order valence-corrected chi connectivity index (χ4v) is 3.06. The molecule has 146 valence electrons. The number of hydrogen-bond acceptors (Lipinski definition) is 4. The van der Waals surface area contributed by atoms with Crippen molar-refractivity contribution in [2.24, 2.45) is 0 Å². The number of aromatic nitrogens is 4. The Labute approximate surface area is 166 Å². The molecule has 0 aliphatic heterocycles. The second kappa shape index (κ2) is 7.59. The third-order valence-electron chi connectivity index (χ3n) is 4.50. The van der Waals surface area contributed by atoms with Crippen LogP contribution in [-0.4, -0.2) is 31.6 Å². The van der Waals surface area contributed by atoms with Crippen molar-refractivity contribution in [2.75, 3.05) is 0 Å². The summed E-state index contributed by atoms with van der Waals surface area (Å²) < 4.78 is 1.77. The van der Waals surface area contributed by atoms with Crippen molar-refractivity contribution in [2.45, 2.75) is 19.9 Å². The minimum Gasteiger partial charge on any atom is -0.357 e. The number of nitrogens with one attached hydrogen (secondary N) is 3. The van der Waals surface area contributed by atoms with Crippen LogP contribution in [0.1, 0.15) is 40.7 Å². The molecule has 0 atom stereocenters. The van der Waals surface area contributed by atoms with Crippen LogP contribution in [0.15, 0.2) is 60.9 Å². The summed E-state index contributed by atoms with van der Waals surface area (Å²) in [5.41, 5.74) is 7.78. The van der Waals surface area contributed by atoms with E-state index in [1.54, 1.807) is 35.3 Å². The number of rotatable bonds is 4. The second-order valence-corrected chi connectivity index (χ2v) is 6.83. The summed E-state index contributed by atoms with van der Waals surface area (Å²) in [5, 5.41) is 5.01. The topological polar surface area (TPSA) is 105 Å². The van der Waals surface area contributed by atoms with Gasteiger partial charge < -0.3 is 4.98 Å². The van der Waals surface area contributed by atoms with E-state index in [1.807, 2.05) is 44.2 Å². The molecule has 0 aliphatic rings. The van der Waals surface area contributed by atoms with Gasteiger partial charge in [0.25, 0.3) is 11.8 Å². The summed E-state index contributed by atoms with van der Waals surface area (Å²) in [6, 6.07) is 14.7. The van der Waals surface area contributed by atoms with Gasteiger partial charge in [0.1, 0.15) is 5.69 Å². The molecule has 4 aromatic rings. The number of nitrogens with zero attached hydrogens (tertiary/aromatic N) is 3. The van der Waals surface area contributed by atoms with E-state index in [-0.39, 0.29) is 6.04 Å². The number of hydrogen-bond donors (Lipinski definition) is 3. The highest BCUT2D eigenvalue weighted by molar-refractivity contribution is 6.07. The van der Waals surface area contributed by atoms with Crippen LogP contribution < -0.4 is 10.9 Å². The van der Waals surface area contributed by atoms with Crippen molar-refractivity contribution in [1.82, 2.24) is 30.6 Å². The van der Waals surface area contributed by atoms with E-state index in [9.17, 15) is 9.59 Å². The Hall–Kier alpha value is -3.94. The molecule has 0 aliphatic carbocycles. The lowest BCUT2D eigenvalue weighted by molar-refractivity contribution is 0.0845. The minimum absolute atomic E-state index is 0.0783. The standard InChI is InChI=1S/C21H20N6O2/c1-13(2)27-19-16(12-23-27)15(11-18(24-19)14-7-4-3-5-8-14)20(28)25-26-21(29)17-9-6-10-22-17/h3-13,22H,1-2H3,(H,25,28)(H,26,29). The highest BCUT2D eigenvalue weighted by Gasteiger charge is 2.19. The van der Waals surface area contributed by atoms with Crippen LogP contribution in [0.4, 0.5) is 0 Å². The van der Waals surface area contributed by atoms with Gasteiger partial charge in [-0.2, -0.15) is 5.10 Å². The maximum atomic E-state index is 12.9. The van der Waals surface area contributed by atoms with Crippen LogP contribution in [0.2, 0.25) is 0 Å². The first-order valence-electron chi connectivity index (χ1n) is 9.22. The zero-order chi connectivity index (χ0) is 20.4. The van der Waals surface area contributed by atoms with Crippen molar-refractivity contribution in [3.05, 3.63) is 72.2 Å². The van der Waals surface area contributed by atoms with Crippen LogP contribution in [0.3, 0.4) is 0 Å². The molecular weight excluding hydrogens is 368 g/mol. The van der Waals surface area contributed by atoms with Gasteiger partial charge in [-0.05, 0) is 32.0 Å². The third kappa shape index (κ3) is 3.60. The highest BCUT2D eigenvalue weighted by Crippen LogP contribution is 2.26. The lowest BCUT2D eigenvalue weighted by Crippen LogP contribution is -2.41. The molecule has 0 saturated carbocycles. The van der Waals surface area contributed by atoms with Gasteiger partial charge in [0.2, 0.25) is 0 Å². The van der Waals surface area contributed by atoms with Crippen molar-refractivity contribution in [3.8, 4) is 11.3 Å². The van der Waals surface area contributed by atoms with E-state index in [1.165, 1.54) is 0 Å². The molecule has 3 aromatic heterocycles. The number of carbonyl (C=O) groups is 2. The van der Waals surface area contributed by atoms with Crippen molar-refractivity contribution >= 4 is 22.8 Å². The molecule has 1 aromatic carbocycles. The van der Waals surface area contributed by atoms with Gasteiger partial charge in [-0.25, -0.2) is 9.67 Å². The third-order valence-corrected chi connectivity index (χ3v) is 4.50. The molecular formula is C21H20N6O2. The van der Waals surface area contributed by atoms with Crippen LogP contribution in [0.25, 0.3) is 22.3 Å². The summed E-state index contributed by atoms with van der Waals surface area (Å²) in [7, 11) is 0. The number of pyridine rings is 1. The number of amides is 2. The van der Waals surface area contributed by atoms with E-state index in [4.69, 9.17) is 4.98 Å². The smallest absolute Gasteiger partial charge is 0.286 e. The molecule has 0 spiro atoms. The average molecular weight is 388 g/mol. The average Bonchev–Trinajstić information content (AvgIpc) is 3.41. The summed E-state index contributed by atoms with van der Waals surface area (Å²) in [5.74, 6) is -0.882. The summed E-state index contributed by atoms with van der Waals surface area (Å²) in [6.07, 6.45) is 3.26. The summed E-state index contributed by atoms with van der Waals surface area (Å²) >= 11 is 0. The van der Waals surface area contributed by atoms with Gasteiger partial charge in [0.05, 0.1) is 22.8 Å². The molecule has 8 nitrogen and oxygen atoms in total. The lowest BCUT2D eigenvalue weighted by Gasteiger charge is -2.11. The Balaban J connectivity index is 1.72. The SMILES string of the molecule is CC(C)n1ncc2c(C(=O)NNC(=O)c3ccc[nH]3)cc(-c3ccccc3)nc21. The van der Waals surface area contributed by atoms with Gasteiger partial charge in [-0.15, -0.1) is 0 Å². The molecule has 0 fully saturated rings. The fraction of sp³-hybridized carbons (Fsp3) is 0.143. The minimum atomic E-state index is -0.446. The Kier molecular flexibility index (Phi) is 4.82. The lowest BCUT2D eigenvalue weighted by atomic mass is 10.1. The van der Waals surface area contributed by atoms with Gasteiger partial charge >= 0.3 is 0 Å². The summed E-state index contributed by atoms with van der Waals surface area (Å²) in [4.78, 5) is 32.5. The maximum absolute atomic E-state index is 12.9. The Morgan fingerprint density at radius 3 is 2.48 bits per heavy atom. The number of aromatic amines is 1. The zero-order valence-electron chi connectivity index (χ0n) is 16.0. The number of fused-ring (bicyclic) bond motifs is 1. The zero-order valence-corrected chi connectivity index (χ0v) is 16.0. The molecule has 4 rings (SSSR count). The molecule has 3 N–H and O–H groups in total. The predicted octanol–water partition coefficient (Wildman–Crippen LogP) is 3.08. The first kappa shape index (κ1) is 18.4. The van der Waals surface area contributed by atoms with Crippen LogP contribution >= 0.6 is 0 Å². The predicted molar refractivity (Wildman–Crippen MR) is 109 cm³/mol. The second-order valence-electron chi connectivity index (χ2n) is 6.83. The highest BCUT2D eigenvalue weighted by atomic mass is 16.2. The van der Waals surface area contributed by atoms with E-state index in [2.05, 4.69) is 20.9 Å². The largest absolute Gasteiger partial charge is 0.357 e. The van der Waals surface area contributed by atoms with Crippen molar-refractivity contribution in [3.63, 3.8) is 0 Å². The van der Waals surface area contributed by atoms with E-state index < -0.39 is 11.8 Å². The molecule has 3 heterocycles. The van der Waals surface area contributed by atoms with E-state index in [0.29, 0.717) is 28.0 Å². The monoisotopic (exact) mass is 388 g/mol. The summed E-state index contributed by atoms with van der Waals surface area (Å²) in [6.45, 7) is 4.00. The van der Waals surface area contributed by atoms with Crippen LogP contribution in [0, 0.1) is 0 Å². The number of H-pyrrole nitrogens is 1. The first-order chi connectivity index (χ1) is 14.0. The molecule has 0 radical (unpaired) electrons. The van der Waals surface area contributed by atoms with Gasteiger partial charge in [0.15, 0.2) is 5.65 Å². The normalized spacial score (nSPS) is 11.0. The van der Waals surface area contributed by atoms with Crippen LogP contribution in [0.5, 0.6) is 0 Å². The molecule has 2 amide bonds. The number of benzene rings is 1. The molecule has 8 heteroatoms. The Bertz CT molecular complexity index is 1160. The van der Waals surface area contributed by atoms with Gasteiger partial charge in [-0.1, -0.05) is 30.3 Å². The number of hydrazine groups is 1. The fourth-order valence-electron chi connectivity index (χ4n) is 3.06. The van der Waals surface area contributed by atoms with Gasteiger partial charge in [0, 0.05) is 17.8 Å². The molecule has 0 bridgehead atoms. The molecule has 0 unspecified atom stereocenters. The van der Waals surface area contributed by atoms with E-state index >= 15 is 0 Å². The van der Waals surface area contributed by atoms with Crippen molar-refractivity contribution in [1.29, 1.82) is 0 Å². The Morgan fingerprint density at radius 2 is 1.79 bits per heavy atom. The van der Waals surface area contributed by atoms with Gasteiger partial charge in [-0.3, -0.25) is 20.4 Å². The molecule has 0 saturated heterocycles. The number of carbonyl (C=O) groups excluding carboxylic acids is 2. The van der Waals surface area contributed by atoms with E-state index in [0.717, 1.165) is 5.56 Å². The molecule has 29 heavy (non-hydrogen) atoms. The van der Waals surface area contributed by atoms with Crippen molar-refractivity contribution < 1.29 is 9.59 Å². The maximum Gasteiger partial charge on any atom is 0.286 e. The van der Waals surface area contributed by atoms with Crippen LogP contribution in [-0.2, 0) is 0 Å². The first-order valence-corrected chi connectivity index (χ1v) is 9.22.